The number of hydrogen-bond acceptors (Lipinski definition) is 5. The first-order valence-corrected chi connectivity index (χ1v) is 7.67. The molecule has 0 unspecified atom stereocenters. The summed E-state index contributed by atoms with van der Waals surface area (Å²) in [7, 11) is -2.52. The molecule has 1 fully saturated rings. The smallest absolute Gasteiger partial charge is 0.340 e. The van der Waals surface area contributed by atoms with Crippen LogP contribution in [0.25, 0.3) is 0 Å². The van der Waals surface area contributed by atoms with Crippen LogP contribution in [0.4, 0.5) is 0 Å². The number of hydrogen-bond donors (Lipinski definition) is 2. The Labute approximate surface area is 116 Å². The highest BCUT2D eigenvalue weighted by molar-refractivity contribution is 7.89. The summed E-state index contributed by atoms with van der Waals surface area (Å²) in [5.41, 5.74) is -0.365. The van der Waals surface area contributed by atoms with Crippen LogP contribution in [-0.4, -0.2) is 60.8 Å². The van der Waals surface area contributed by atoms with Crippen LogP contribution < -0.4 is 0 Å². The third kappa shape index (κ3) is 3.35. The monoisotopic (exact) mass is 303 g/mol. The van der Waals surface area contributed by atoms with Gasteiger partial charge in [-0.3, -0.25) is 5.10 Å². The molecule has 0 spiro atoms. The lowest BCUT2D eigenvalue weighted by atomic mass is 10.4. The van der Waals surface area contributed by atoms with E-state index in [2.05, 4.69) is 10.2 Å². The molecule has 1 aromatic rings. The highest BCUT2D eigenvalue weighted by Crippen LogP contribution is 2.28. The zero-order valence-corrected chi connectivity index (χ0v) is 11.9. The number of nitrogens with one attached hydrogen (secondary N) is 1. The van der Waals surface area contributed by atoms with Gasteiger partial charge in [0.15, 0.2) is 5.03 Å². The molecule has 2 N–H and O–H groups in total. The van der Waals surface area contributed by atoms with Crippen LogP contribution >= 0.6 is 0 Å². The SMILES string of the molecule is CN(CCOCC1CC1)S(=O)(=O)c1[nH]ncc1C(=O)O. The van der Waals surface area contributed by atoms with E-state index < -0.39 is 21.0 Å². The summed E-state index contributed by atoms with van der Waals surface area (Å²) in [6.07, 6.45) is 3.32. The van der Waals surface area contributed by atoms with Gasteiger partial charge >= 0.3 is 5.97 Å². The van der Waals surface area contributed by atoms with Crippen molar-refractivity contribution in [2.24, 2.45) is 5.92 Å². The number of nitrogens with zero attached hydrogens (tertiary/aromatic N) is 2. The van der Waals surface area contributed by atoms with E-state index >= 15 is 0 Å². The van der Waals surface area contributed by atoms with Crippen LogP contribution in [0.3, 0.4) is 0 Å². The molecule has 1 aliphatic carbocycles. The summed E-state index contributed by atoms with van der Waals surface area (Å²) in [4.78, 5) is 10.9. The maximum atomic E-state index is 12.2. The van der Waals surface area contributed by atoms with Crippen molar-refractivity contribution in [3.63, 3.8) is 0 Å². The molecule has 0 aliphatic heterocycles. The van der Waals surface area contributed by atoms with Crippen LogP contribution in [0.1, 0.15) is 23.2 Å². The molecule has 2 rings (SSSR count). The zero-order chi connectivity index (χ0) is 14.8. The number of carboxylic acids is 1. The molecular formula is C11H17N3O5S. The van der Waals surface area contributed by atoms with E-state index in [0.29, 0.717) is 12.5 Å². The van der Waals surface area contributed by atoms with Gasteiger partial charge in [-0.15, -0.1) is 0 Å². The fraction of sp³-hybridized carbons (Fsp3) is 0.636. The summed E-state index contributed by atoms with van der Waals surface area (Å²) in [5.74, 6) is -0.723. The van der Waals surface area contributed by atoms with E-state index in [-0.39, 0.29) is 18.7 Å². The summed E-state index contributed by atoms with van der Waals surface area (Å²) < 4.78 is 30.8. The predicted octanol–water partition coefficient (Wildman–Crippen LogP) is 0.155. The molecule has 0 saturated heterocycles. The van der Waals surface area contributed by atoms with Crippen molar-refractivity contribution in [1.29, 1.82) is 0 Å². The second-order valence-corrected chi connectivity index (χ2v) is 6.74. The van der Waals surface area contributed by atoms with Gasteiger partial charge < -0.3 is 9.84 Å². The van der Waals surface area contributed by atoms with Crippen molar-refractivity contribution in [3.05, 3.63) is 11.8 Å². The fourth-order valence-corrected chi connectivity index (χ4v) is 2.84. The van der Waals surface area contributed by atoms with Gasteiger partial charge in [-0.2, -0.15) is 9.40 Å². The lowest BCUT2D eigenvalue weighted by Crippen LogP contribution is -2.31. The van der Waals surface area contributed by atoms with Crippen LogP contribution in [0, 0.1) is 5.92 Å². The first-order chi connectivity index (χ1) is 9.43. The van der Waals surface area contributed by atoms with E-state index in [4.69, 9.17) is 9.84 Å². The van der Waals surface area contributed by atoms with Crippen molar-refractivity contribution >= 4 is 16.0 Å². The Balaban J connectivity index is 1.96. The summed E-state index contributed by atoms with van der Waals surface area (Å²) in [6, 6.07) is 0. The number of carboxylic acid groups (broad SMARTS) is 1. The van der Waals surface area contributed by atoms with Gasteiger partial charge in [0.1, 0.15) is 5.56 Å². The van der Waals surface area contributed by atoms with Crippen LogP contribution in [-0.2, 0) is 14.8 Å². The van der Waals surface area contributed by atoms with Crippen molar-refractivity contribution < 1.29 is 23.1 Å². The lowest BCUT2D eigenvalue weighted by molar-refractivity contribution is 0.0692. The van der Waals surface area contributed by atoms with Gasteiger partial charge in [0.2, 0.25) is 0 Å². The van der Waals surface area contributed by atoms with Gasteiger partial charge in [-0.05, 0) is 18.8 Å². The minimum atomic E-state index is -3.90. The molecule has 8 nitrogen and oxygen atoms in total. The van der Waals surface area contributed by atoms with E-state index in [9.17, 15) is 13.2 Å². The molecule has 112 valence electrons. The number of H-pyrrole nitrogens is 1. The van der Waals surface area contributed by atoms with Crippen molar-refractivity contribution in [2.45, 2.75) is 17.9 Å². The Kier molecular flexibility index (Phi) is 4.41. The van der Waals surface area contributed by atoms with E-state index in [1.54, 1.807) is 0 Å². The molecule has 0 atom stereocenters. The van der Waals surface area contributed by atoms with Gasteiger partial charge in [-0.1, -0.05) is 0 Å². The van der Waals surface area contributed by atoms with Gasteiger partial charge in [-0.25, -0.2) is 13.2 Å². The molecule has 1 aliphatic rings. The van der Waals surface area contributed by atoms with Crippen molar-refractivity contribution in [3.8, 4) is 0 Å². The quantitative estimate of drug-likeness (QED) is 0.661. The Bertz CT molecular complexity index is 579. The molecule has 1 aromatic heterocycles. The van der Waals surface area contributed by atoms with Crippen LogP contribution in [0.15, 0.2) is 11.2 Å². The number of rotatable bonds is 8. The minimum Gasteiger partial charge on any atom is -0.478 e. The molecule has 0 amide bonds. The average Bonchev–Trinajstić information content (AvgIpc) is 3.06. The Morgan fingerprint density at radius 3 is 2.90 bits per heavy atom. The van der Waals surface area contributed by atoms with Crippen molar-refractivity contribution in [1.82, 2.24) is 14.5 Å². The van der Waals surface area contributed by atoms with Crippen LogP contribution in [0.5, 0.6) is 0 Å². The van der Waals surface area contributed by atoms with Crippen LogP contribution in [0.2, 0.25) is 0 Å². The number of ether oxygens (including phenoxy) is 1. The van der Waals surface area contributed by atoms with Crippen molar-refractivity contribution in [2.75, 3.05) is 26.8 Å². The minimum absolute atomic E-state index is 0.160. The molecule has 0 radical (unpaired) electrons. The standard InChI is InChI=1S/C11H17N3O5S/c1-14(4-5-19-7-8-2-3-8)20(17,18)10-9(11(15)16)6-12-13-10/h6,8H,2-5,7H2,1H3,(H,12,13)(H,15,16). The Morgan fingerprint density at radius 2 is 2.30 bits per heavy atom. The molecule has 1 heterocycles. The van der Waals surface area contributed by atoms with E-state index in [0.717, 1.165) is 10.5 Å². The molecule has 0 bridgehead atoms. The number of carbonyl (C=O) groups is 1. The predicted molar refractivity (Wildman–Crippen MR) is 68.9 cm³/mol. The second kappa shape index (κ2) is 5.90. The first kappa shape index (κ1) is 14.9. The third-order valence-electron chi connectivity index (χ3n) is 3.10. The molecular weight excluding hydrogens is 286 g/mol. The number of sulfonamides is 1. The van der Waals surface area contributed by atoms with Gasteiger partial charge in [0.05, 0.1) is 12.8 Å². The third-order valence-corrected chi connectivity index (χ3v) is 4.93. The Hall–Kier alpha value is -1.45. The largest absolute Gasteiger partial charge is 0.478 e. The summed E-state index contributed by atoms with van der Waals surface area (Å²) in [5, 5.41) is 14.2. The molecule has 0 aromatic carbocycles. The fourth-order valence-electron chi connectivity index (χ4n) is 1.63. The van der Waals surface area contributed by atoms with Gasteiger partial charge in [0.25, 0.3) is 10.0 Å². The van der Waals surface area contributed by atoms with E-state index in [1.807, 2.05) is 0 Å². The number of aromatic nitrogens is 2. The number of aromatic carboxylic acids is 1. The number of aromatic amines is 1. The number of likely N-dealkylation sites (N-methyl/N-ethyl adjacent to an activating group) is 1. The lowest BCUT2D eigenvalue weighted by Gasteiger charge is -2.16. The normalized spacial score (nSPS) is 15.7. The average molecular weight is 303 g/mol. The first-order valence-electron chi connectivity index (χ1n) is 6.23. The molecule has 9 heteroatoms. The molecule has 1 saturated carbocycles. The maximum Gasteiger partial charge on any atom is 0.340 e. The molecule has 20 heavy (non-hydrogen) atoms. The highest BCUT2D eigenvalue weighted by Gasteiger charge is 2.28. The summed E-state index contributed by atoms with van der Waals surface area (Å²) in [6.45, 7) is 1.09. The topological polar surface area (TPSA) is 113 Å². The highest BCUT2D eigenvalue weighted by atomic mass is 32.2. The van der Waals surface area contributed by atoms with E-state index in [1.165, 1.54) is 19.9 Å². The second-order valence-electron chi connectivity index (χ2n) is 4.76. The summed E-state index contributed by atoms with van der Waals surface area (Å²) >= 11 is 0. The maximum absolute atomic E-state index is 12.2. The Morgan fingerprint density at radius 1 is 1.60 bits per heavy atom. The van der Waals surface area contributed by atoms with Gasteiger partial charge in [0, 0.05) is 20.2 Å². The zero-order valence-electron chi connectivity index (χ0n) is 11.1.